The highest BCUT2D eigenvalue weighted by Gasteiger charge is 2.33. The average Bonchev–Trinajstić information content (AvgIpc) is 3.50. The molecule has 0 saturated heterocycles. The molecule has 1 aliphatic carbocycles. The lowest BCUT2D eigenvalue weighted by Gasteiger charge is -2.35. The van der Waals surface area contributed by atoms with Crippen molar-refractivity contribution in [2.24, 2.45) is 11.8 Å². The highest BCUT2D eigenvalue weighted by Crippen LogP contribution is 2.40. The van der Waals surface area contributed by atoms with Gasteiger partial charge in [0.25, 0.3) is 0 Å². The van der Waals surface area contributed by atoms with E-state index < -0.39 is 0 Å². The SMILES string of the molecule is CC(C)Oc1cccc(-c2nc(-c3ccnc(-n4cncn4)c3)nn2C2C(C)CCCC2C)n1. The fraction of sp³-hybridized carbons (Fsp3) is 0.440. The number of rotatable bonds is 6. The van der Waals surface area contributed by atoms with E-state index in [1.54, 1.807) is 17.2 Å². The normalized spacial score (nSPS) is 20.6. The summed E-state index contributed by atoms with van der Waals surface area (Å²) in [5.41, 5.74) is 1.62. The zero-order valence-electron chi connectivity index (χ0n) is 20.0. The van der Waals surface area contributed by atoms with Crippen LogP contribution in [0.3, 0.4) is 0 Å². The van der Waals surface area contributed by atoms with Gasteiger partial charge in [-0.05, 0) is 56.7 Å². The molecule has 176 valence electrons. The summed E-state index contributed by atoms with van der Waals surface area (Å²) in [7, 11) is 0. The quantitative estimate of drug-likeness (QED) is 0.411. The van der Waals surface area contributed by atoms with Gasteiger partial charge in [0.2, 0.25) is 5.88 Å². The zero-order valence-corrected chi connectivity index (χ0v) is 20.0. The Morgan fingerprint density at radius 2 is 1.88 bits per heavy atom. The smallest absolute Gasteiger partial charge is 0.214 e. The summed E-state index contributed by atoms with van der Waals surface area (Å²) in [4.78, 5) is 18.2. The van der Waals surface area contributed by atoms with E-state index in [1.165, 1.54) is 25.6 Å². The minimum absolute atomic E-state index is 0.0431. The van der Waals surface area contributed by atoms with Crippen LogP contribution in [0.1, 0.15) is 53.0 Å². The van der Waals surface area contributed by atoms with Crippen LogP contribution in [0, 0.1) is 11.8 Å². The van der Waals surface area contributed by atoms with Gasteiger partial charge in [-0.15, -0.1) is 0 Å². The van der Waals surface area contributed by atoms with Crippen LogP contribution in [0.15, 0.2) is 49.2 Å². The molecule has 34 heavy (non-hydrogen) atoms. The summed E-state index contributed by atoms with van der Waals surface area (Å²) < 4.78 is 9.58. The van der Waals surface area contributed by atoms with Gasteiger partial charge in [-0.1, -0.05) is 26.3 Å². The fourth-order valence-corrected chi connectivity index (χ4v) is 4.83. The van der Waals surface area contributed by atoms with Crippen molar-refractivity contribution < 1.29 is 4.74 Å². The monoisotopic (exact) mass is 458 g/mol. The molecule has 0 radical (unpaired) electrons. The predicted octanol–water partition coefficient (Wildman–Crippen LogP) is 4.77. The van der Waals surface area contributed by atoms with Gasteiger partial charge in [0, 0.05) is 17.8 Å². The molecule has 0 aromatic carbocycles. The molecule has 1 fully saturated rings. The van der Waals surface area contributed by atoms with Crippen molar-refractivity contribution in [3.8, 4) is 34.6 Å². The van der Waals surface area contributed by atoms with Gasteiger partial charge in [-0.3, -0.25) is 0 Å². The van der Waals surface area contributed by atoms with Crippen LogP contribution >= 0.6 is 0 Å². The molecule has 5 rings (SSSR count). The van der Waals surface area contributed by atoms with E-state index in [-0.39, 0.29) is 12.1 Å². The molecule has 4 aromatic heterocycles. The molecule has 0 bridgehead atoms. The van der Waals surface area contributed by atoms with E-state index >= 15 is 0 Å². The third kappa shape index (κ3) is 4.42. The van der Waals surface area contributed by atoms with Gasteiger partial charge >= 0.3 is 0 Å². The lowest BCUT2D eigenvalue weighted by atomic mass is 9.79. The first kappa shape index (κ1) is 22.2. The van der Waals surface area contributed by atoms with Crippen LogP contribution in [-0.2, 0) is 0 Å². The topological polar surface area (TPSA) is 96.4 Å². The number of aromatic nitrogens is 8. The van der Waals surface area contributed by atoms with E-state index in [1.807, 2.05) is 44.2 Å². The molecule has 0 amide bonds. The average molecular weight is 459 g/mol. The van der Waals surface area contributed by atoms with E-state index in [2.05, 4.69) is 33.6 Å². The minimum Gasteiger partial charge on any atom is -0.475 e. The molecule has 1 aliphatic rings. The van der Waals surface area contributed by atoms with Crippen molar-refractivity contribution in [3.63, 3.8) is 0 Å². The standard InChI is InChI=1S/C25H30N8O/c1-16(2)34-22-10-6-9-20(29-22)25-30-24(31-33(25)23-17(3)7-5-8-18(23)4)19-11-12-27-21(13-19)32-15-26-14-28-32/h6,9-18,23H,5,7-8H2,1-4H3. The Hall–Kier alpha value is -3.62. The van der Waals surface area contributed by atoms with Gasteiger partial charge in [-0.2, -0.15) is 10.2 Å². The molecule has 4 aromatic rings. The third-order valence-corrected chi connectivity index (χ3v) is 6.36. The third-order valence-electron chi connectivity index (χ3n) is 6.36. The van der Waals surface area contributed by atoms with Crippen molar-refractivity contribution in [1.29, 1.82) is 0 Å². The van der Waals surface area contributed by atoms with Gasteiger partial charge in [-0.25, -0.2) is 29.3 Å². The summed E-state index contributed by atoms with van der Waals surface area (Å²) in [6, 6.07) is 9.91. The first-order valence-corrected chi connectivity index (χ1v) is 11.9. The second-order valence-electron chi connectivity index (χ2n) is 9.35. The molecular weight excluding hydrogens is 428 g/mol. The van der Waals surface area contributed by atoms with E-state index in [0.29, 0.717) is 29.4 Å². The van der Waals surface area contributed by atoms with E-state index in [9.17, 15) is 0 Å². The summed E-state index contributed by atoms with van der Waals surface area (Å²) in [6.45, 7) is 8.62. The van der Waals surface area contributed by atoms with Gasteiger partial charge in [0.1, 0.15) is 18.3 Å². The predicted molar refractivity (Wildman–Crippen MR) is 128 cm³/mol. The first-order chi connectivity index (χ1) is 16.5. The minimum atomic E-state index is 0.0431. The molecule has 2 unspecified atom stereocenters. The second-order valence-corrected chi connectivity index (χ2v) is 9.35. The Kier molecular flexibility index (Phi) is 6.08. The van der Waals surface area contributed by atoms with Crippen LogP contribution in [0.5, 0.6) is 5.88 Å². The van der Waals surface area contributed by atoms with Gasteiger partial charge in [0.05, 0.1) is 12.1 Å². The van der Waals surface area contributed by atoms with Crippen LogP contribution in [-0.4, -0.2) is 45.6 Å². The first-order valence-electron chi connectivity index (χ1n) is 11.9. The van der Waals surface area contributed by atoms with Crippen LogP contribution in [0.2, 0.25) is 0 Å². The largest absolute Gasteiger partial charge is 0.475 e. The number of ether oxygens (including phenoxy) is 1. The maximum atomic E-state index is 5.86. The maximum absolute atomic E-state index is 5.86. The molecule has 9 nitrogen and oxygen atoms in total. The Morgan fingerprint density at radius 3 is 2.62 bits per heavy atom. The van der Waals surface area contributed by atoms with Crippen molar-refractivity contribution in [1.82, 2.24) is 39.5 Å². The summed E-state index contributed by atoms with van der Waals surface area (Å²) in [5.74, 6) is 3.64. The maximum Gasteiger partial charge on any atom is 0.214 e. The summed E-state index contributed by atoms with van der Waals surface area (Å²) in [5, 5.41) is 9.24. The molecule has 1 saturated carbocycles. The Morgan fingerprint density at radius 1 is 1.06 bits per heavy atom. The fourth-order valence-electron chi connectivity index (χ4n) is 4.83. The number of nitrogens with zero attached hydrogens (tertiary/aromatic N) is 8. The molecule has 0 spiro atoms. The Labute approximate surface area is 199 Å². The molecule has 0 N–H and O–H groups in total. The number of hydrogen-bond donors (Lipinski definition) is 0. The molecule has 9 heteroatoms. The highest BCUT2D eigenvalue weighted by molar-refractivity contribution is 5.61. The number of pyridine rings is 2. The molecular formula is C25H30N8O. The molecule has 0 aliphatic heterocycles. The number of hydrogen-bond acceptors (Lipinski definition) is 7. The van der Waals surface area contributed by atoms with Gasteiger partial charge in [0.15, 0.2) is 17.5 Å². The van der Waals surface area contributed by atoms with Gasteiger partial charge < -0.3 is 4.74 Å². The Balaban J connectivity index is 1.62. The zero-order chi connectivity index (χ0) is 23.7. The van der Waals surface area contributed by atoms with Crippen molar-refractivity contribution in [2.75, 3.05) is 0 Å². The second kappa shape index (κ2) is 9.32. The van der Waals surface area contributed by atoms with Crippen LogP contribution in [0.4, 0.5) is 0 Å². The lowest BCUT2D eigenvalue weighted by molar-refractivity contribution is 0.172. The van der Waals surface area contributed by atoms with Crippen molar-refractivity contribution >= 4 is 0 Å². The summed E-state index contributed by atoms with van der Waals surface area (Å²) >= 11 is 0. The van der Waals surface area contributed by atoms with E-state index in [4.69, 9.17) is 19.8 Å². The van der Waals surface area contributed by atoms with Crippen molar-refractivity contribution in [3.05, 3.63) is 49.2 Å². The molecule has 2 atom stereocenters. The van der Waals surface area contributed by atoms with Crippen LogP contribution in [0.25, 0.3) is 28.7 Å². The highest BCUT2D eigenvalue weighted by atomic mass is 16.5. The Bertz CT molecular complexity index is 1240. The van der Waals surface area contributed by atoms with Crippen LogP contribution < -0.4 is 4.74 Å². The van der Waals surface area contributed by atoms with Crippen molar-refractivity contribution in [2.45, 2.75) is 59.1 Å². The lowest BCUT2D eigenvalue weighted by Crippen LogP contribution is -2.29. The summed E-state index contributed by atoms with van der Waals surface area (Å²) in [6.07, 6.45) is 8.51. The molecule has 4 heterocycles. The van der Waals surface area contributed by atoms with E-state index in [0.717, 1.165) is 17.1 Å².